The summed E-state index contributed by atoms with van der Waals surface area (Å²) in [5.74, 6) is -0.327. The van der Waals surface area contributed by atoms with Crippen molar-refractivity contribution in [2.75, 3.05) is 15.5 Å². The van der Waals surface area contributed by atoms with Gasteiger partial charge in [-0.25, -0.2) is 4.98 Å². The average Bonchev–Trinajstić information content (AvgIpc) is 3.64. The molecule has 228 valence electrons. The monoisotopic (exact) mass is 606 g/mol. The minimum Gasteiger partial charge on any atom is -0.381 e. The molecular weight excluding hydrogens is 576 g/mol. The van der Waals surface area contributed by atoms with E-state index >= 15 is 0 Å². The summed E-state index contributed by atoms with van der Waals surface area (Å²) in [6, 6.07) is 12.8. The minimum absolute atomic E-state index is 0.123. The van der Waals surface area contributed by atoms with Crippen LogP contribution in [0.4, 0.5) is 17.2 Å². The van der Waals surface area contributed by atoms with Crippen molar-refractivity contribution in [3.05, 3.63) is 105 Å². The number of benzene rings is 1. The first-order valence-electron chi connectivity index (χ1n) is 14.3. The molecule has 0 radical (unpaired) electrons. The Morgan fingerprint density at radius 2 is 1.80 bits per heavy atom. The van der Waals surface area contributed by atoms with Crippen molar-refractivity contribution in [1.82, 2.24) is 24.5 Å². The van der Waals surface area contributed by atoms with Gasteiger partial charge in [0, 0.05) is 54.4 Å². The Morgan fingerprint density at radius 3 is 2.44 bits per heavy atom. The van der Waals surface area contributed by atoms with Crippen LogP contribution in [0.3, 0.4) is 0 Å². The van der Waals surface area contributed by atoms with Gasteiger partial charge in [0.05, 0.1) is 23.6 Å². The van der Waals surface area contributed by atoms with E-state index in [2.05, 4.69) is 25.7 Å². The Hall–Kier alpha value is -5.85. The number of nitrogens with one attached hydrogen (secondary N) is 2. The highest BCUT2D eigenvalue weighted by Gasteiger charge is 2.41. The quantitative estimate of drug-likeness (QED) is 0.276. The van der Waals surface area contributed by atoms with Gasteiger partial charge in [-0.3, -0.25) is 33.7 Å². The van der Waals surface area contributed by atoms with Crippen molar-refractivity contribution < 1.29 is 18.9 Å². The molecule has 0 bridgehead atoms. The van der Waals surface area contributed by atoms with Gasteiger partial charge in [-0.15, -0.1) is 0 Å². The van der Waals surface area contributed by atoms with E-state index in [0.717, 1.165) is 4.74 Å². The summed E-state index contributed by atoms with van der Waals surface area (Å²) in [6.45, 7) is 5.33. The second kappa shape index (κ2) is 11.3. The molecule has 4 aromatic heterocycles. The maximum atomic E-state index is 13.8. The number of aryl methyl sites for hydroxylation is 4. The van der Waals surface area contributed by atoms with E-state index in [1.807, 2.05) is 6.92 Å². The number of anilines is 3. The highest BCUT2D eigenvalue weighted by molar-refractivity contribution is 6.15. The molecule has 1 aromatic carbocycles. The largest absolute Gasteiger partial charge is 0.381 e. The lowest BCUT2D eigenvalue weighted by atomic mass is 9.99. The Balaban J connectivity index is 1.28. The number of amides is 3. The molecule has 5 heterocycles. The topological polar surface area (TPSA) is 157 Å². The van der Waals surface area contributed by atoms with Gasteiger partial charge >= 0.3 is 0 Å². The lowest BCUT2D eigenvalue weighted by Crippen LogP contribution is -2.28. The third-order valence-electron chi connectivity index (χ3n) is 7.63. The van der Waals surface area contributed by atoms with Crippen molar-refractivity contribution in [1.29, 1.82) is 0 Å². The number of fused-ring (bicyclic) bond motifs is 1. The number of carbonyl (C=O) groups is 3. The van der Waals surface area contributed by atoms with Crippen LogP contribution in [-0.2, 0) is 14.1 Å². The minimum atomic E-state index is -0.509. The number of carbonyl (C=O) groups excluding carboxylic acids is 3. The van der Waals surface area contributed by atoms with E-state index in [1.165, 1.54) is 13.2 Å². The number of hydrogen-bond acceptors (Lipinski definition) is 8. The molecule has 0 saturated carbocycles. The predicted molar refractivity (Wildman–Crippen MR) is 166 cm³/mol. The zero-order chi connectivity index (χ0) is 32.0. The first kappa shape index (κ1) is 29.2. The second-order valence-electron chi connectivity index (χ2n) is 10.8. The Bertz CT molecular complexity index is 2040. The van der Waals surface area contributed by atoms with E-state index in [1.54, 1.807) is 85.2 Å². The second-order valence-corrected chi connectivity index (χ2v) is 10.8. The smallest absolute Gasteiger partial charge is 0.291 e. The van der Waals surface area contributed by atoms with Gasteiger partial charge in [0.1, 0.15) is 17.0 Å². The van der Waals surface area contributed by atoms with Gasteiger partial charge in [-0.1, -0.05) is 13.0 Å². The van der Waals surface area contributed by atoms with Crippen LogP contribution in [0.15, 0.2) is 70.2 Å². The van der Waals surface area contributed by atoms with Crippen LogP contribution in [0, 0.1) is 13.8 Å². The molecule has 0 aliphatic carbocycles. The number of rotatable bonds is 7. The first-order chi connectivity index (χ1) is 21.5. The Morgan fingerprint density at radius 1 is 1.00 bits per heavy atom. The van der Waals surface area contributed by atoms with Crippen molar-refractivity contribution in [2.24, 2.45) is 14.1 Å². The fourth-order valence-corrected chi connectivity index (χ4v) is 5.62. The molecule has 6 rings (SSSR count). The van der Waals surface area contributed by atoms with Gasteiger partial charge in [-0.2, -0.15) is 9.84 Å². The maximum Gasteiger partial charge on any atom is 0.291 e. The normalized spacial score (nSPS) is 14.0. The van der Waals surface area contributed by atoms with Gasteiger partial charge in [0.25, 0.3) is 23.3 Å². The zero-order valence-corrected chi connectivity index (χ0v) is 25.3. The van der Waals surface area contributed by atoms with Crippen LogP contribution in [0.2, 0.25) is 0 Å². The van der Waals surface area contributed by atoms with Gasteiger partial charge in [0.2, 0.25) is 0 Å². The summed E-state index contributed by atoms with van der Waals surface area (Å²) in [6.07, 6.45) is 3.75. The molecule has 1 atom stereocenters. The zero-order valence-electron chi connectivity index (χ0n) is 25.3. The van der Waals surface area contributed by atoms with Crippen molar-refractivity contribution >= 4 is 34.9 Å². The maximum absolute atomic E-state index is 13.8. The van der Waals surface area contributed by atoms with Crippen LogP contribution < -0.4 is 21.1 Å². The molecule has 0 spiro atoms. The molecule has 5 aromatic rings. The molecule has 0 saturated heterocycles. The van der Waals surface area contributed by atoms with E-state index in [4.69, 9.17) is 4.52 Å². The van der Waals surface area contributed by atoms with Crippen molar-refractivity contribution in [2.45, 2.75) is 33.2 Å². The van der Waals surface area contributed by atoms with Crippen LogP contribution >= 0.6 is 0 Å². The SMILES string of the molecule is CC[C@@H]1c2c(cc(C)nc2C(=O)Nc2cccc(C(=O)Nc3ccn(C)n3)c2)C(=O)N1c1ccc(-c2c(C)on(C)c2=O)nc1. The number of pyridine rings is 2. The molecule has 1 aliphatic rings. The summed E-state index contributed by atoms with van der Waals surface area (Å²) < 4.78 is 8.11. The van der Waals surface area contributed by atoms with Crippen molar-refractivity contribution in [3.8, 4) is 11.3 Å². The summed E-state index contributed by atoms with van der Waals surface area (Å²) in [4.78, 5) is 63.5. The lowest BCUT2D eigenvalue weighted by Gasteiger charge is -2.24. The highest BCUT2D eigenvalue weighted by atomic mass is 16.5. The standard InChI is InChI=1S/C32H30N8O5/c1-6-24-27-22(31(43)40(24)21-10-11-23(33-16-21)26-18(3)45-39(5)32(26)44)14-17(2)34-28(27)30(42)35-20-9-7-8-19(15-20)29(41)36-25-12-13-38(4)37-25/h7-16,24H,6H2,1-5H3,(H,35,42)(H,36,37,41)/t24-/m1/s1. The fourth-order valence-electron chi connectivity index (χ4n) is 5.62. The molecule has 0 unspecified atom stereocenters. The number of aromatic nitrogens is 5. The molecule has 13 heteroatoms. The molecule has 45 heavy (non-hydrogen) atoms. The third-order valence-corrected chi connectivity index (χ3v) is 7.63. The van der Waals surface area contributed by atoms with E-state index in [-0.39, 0.29) is 23.1 Å². The highest BCUT2D eigenvalue weighted by Crippen LogP contribution is 2.41. The summed E-state index contributed by atoms with van der Waals surface area (Å²) >= 11 is 0. The first-order valence-corrected chi connectivity index (χ1v) is 14.3. The van der Waals surface area contributed by atoms with Gasteiger partial charge in [0.15, 0.2) is 5.82 Å². The Labute approximate surface area is 257 Å². The predicted octanol–water partition coefficient (Wildman–Crippen LogP) is 4.40. The molecule has 3 amide bonds. The van der Waals surface area contributed by atoms with Crippen LogP contribution in [0.5, 0.6) is 0 Å². The summed E-state index contributed by atoms with van der Waals surface area (Å²) in [5.41, 5.74) is 3.23. The summed E-state index contributed by atoms with van der Waals surface area (Å²) in [7, 11) is 3.28. The molecule has 13 nitrogen and oxygen atoms in total. The lowest BCUT2D eigenvalue weighted by molar-refractivity contribution is 0.0987. The van der Waals surface area contributed by atoms with Crippen LogP contribution in [0.25, 0.3) is 11.3 Å². The van der Waals surface area contributed by atoms with Crippen molar-refractivity contribution in [3.63, 3.8) is 0 Å². The third kappa shape index (κ3) is 5.28. The van der Waals surface area contributed by atoms with Crippen LogP contribution in [0.1, 0.15) is 67.6 Å². The molecule has 2 N–H and O–H groups in total. The van der Waals surface area contributed by atoms with E-state index in [0.29, 0.717) is 63.0 Å². The van der Waals surface area contributed by atoms with Gasteiger partial charge < -0.3 is 15.2 Å². The molecular formula is C32H30N8O5. The van der Waals surface area contributed by atoms with Crippen LogP contribution in [-0.4, -0.2) is 42.2 Å². The summed E-state index contributed by atoms with van der Waals surface area (Å²) in [5, 5.41) is 9.73. The molecule has 1 aliphatic heterocycles. The Kier molecular flexibility index (Phi) is 7.36. The van der Waals surface area contributed by atoms with Gasteiger partial charge in [-0.05, 0) is 56.7 Å². The number of nitrogens with zero attached hydrogens (tertiary/aromatic N) is 6. The molecule has 0 fully saturated rings. The fraction of sp³-hybridized carbons (Fsp3) is 0.219. The average molecular weight is 607 g/mol. The van der Waals surface area contributed by atoms with E-state index in [9.17, 15) is 19.2 Å². The number of hydrogen-bond donors (Lipinski definition) is 2. The van der Waals surface area contributed by atoms with E-state index < -0.39 is 11.9 Å².